The minimum absolute atomic E-state index is 0.0616. The molecule has 1 aliphatic rings. The summed E-state index contributed by atoms with van der Waals surface area (Å²) in [6, 6.07) is 10.2. The molecule has 0 saturated carbocycles. The number of hydrogen-bond donors (Lipinski definition) is 1. The third kappa shape index (κ3) is 4.36. The van der Waals surface area contributed by atoms with Crippen molar-refractivity contribution in [2.75, 3.05) is 25.5 Å². The number of sulfonamides is 1. The summed E-state index contributed by atoms with van der Waals surface area (Å²) in [5.74, 6) is 0.0899. The lowest BCUT2D eigenvalue weighted by Crippen LogP contribution is -2.36. The molecule has 0 atom stereocenters. The summed E-state index contributed by atoms with van der Waals surface area (Å²) in [6.45, 7) is 4.82. The van der Waals surface area contributed by atoms with Gasteiger partial charge in [0.2, 0.25) is 10.0 Å². The van der Waals surface area contributed by atoms with Crippen LogP contribution in [0.25, 0.3) is 0 Å². The second kappa shape index (κ2) is 8.32. The molecular formula is C21H26N2O4S. The van der Waals surface area contributed by atoms with Crippen LogP contribution in [0.15, 0.2) is 41.3 Å². The Bertz CT molecular complexity index is 960. The Labute approximate surface area is 166 Å². The van der Waals surface area contributed by atoms with Crippen LogP contribution < -0.4 is 10.1 Å². The van der Waals surface area contributed by atoms with Crippen molar-refractivity contribution in [1.29, 1.82) is 0 Å². The Kier molecular flexibility index (Phi) is 6.05. The first-order valence-electron chi connectivity index (χ1n) is 9.39. The lowest BCUT2D eigenvalue weighted by Gasteiger charge is -2.27. The third-order valence-electron chi connectivity index (χ3n) is 4.85. The number of rotatable bonds is 5. The predicted octanol–water partition coefficient (Wildman–Crippen LogP) is 3.74. The zero-order valence-electron chi connectivity index (χ0n) is 16.5. The van der Waals surface area contributed by atoms with E-state index in [1.807, 2.05) is 19.9 Å². The number of aryl methyl sites for hydroxylation is 2. The topological polar surface area (TPSA) is 75.7 Å². The van der Waals surface area contributed by atoms with Crippen LogP contribution in [0.2, 0.25) is 0 Å². The quantitative estimate of drug-likeness (QED) is 0.827. The highest BCUT2D eigenvalue weighted by Crippen LogP contribution is 2.31. The summed E-state index contributed by atoms with van der Waals surface area (Å²) in [5.41, 5.74) is 2.70. The summed E-state index contributed by atoms with van der Waals surface area (Å²) >= 11 is 0. The van der Waals surface area contributed by atoms with E-state index in [0.717, 1.165) is 30.4 Å². The van der Waals surface area contributed by atoms with Crippen molar-refractivity contribution < 1.29 is 17.9 Å². The fraction of sp³-hybridized carbons (Fsp3) is 0.381. The normalized spacial score (nSPS) is 15.2. The van der Waals surface area contributed by atoms with Crippen molar-refractivity contribution in [2.45, 2.75) is 38.0 Å². The zero-order valence-corrected chi connectivity index (χ0v) is 17.3. The van der Waals surface area contributed by atoms with E-state index in [-0.39, 0.29) is 16.5 Å². The van der Waals surface area contributed by atoms with Crippen LogP contribution in [0.4, 0.5) is 5.69 Å². The Hall–Kier alpha value is -2.38. The lowest BCUT2D eigenvalue weighted by molar-refractivity contribution is 0.102. The van der Waals surface area contributed by atoms with E-state index in [1.54, 1.807) is 24.3 Å². The molecule has 7 heteroatoms. The van der Waals surface area contributed by atoms with E-state index in [0.29, 0.717) is 24.4 Å². The van der Waals surface area contributed by atoms with Gasteiger partial charge in [0.1, 0.15) is 10.6 Å². The molecular weight excluding hydrogens is 376 g/mol. The van der Waals surface area contributed by atoms with E-state index in [2.05, 4.69) is 5.32 Å². The van der Waals surface area contributed by atoms with Gasteiger partial charge in [0.05, 0.1) is 12.8 Å². The van der Waals surface area contributed by atoms with Gasteiger partial charge in [-0.15, -0.1) is 0 Å². The molecule has 1 saturated heterocycles. The molecule has 2 aromatic rings. The Morgan fingerprint density at radius 1 is 1.00 bits per heavy atom. The summed E-state index contributed by atoms with van der Waals surface area (Å²) in [7, 11) is -2.24. The maximum absolute atomic E-state index is 13.2. The van der Waals surface area contributed by atoms with Crippen molar-refractivity contribution in [3.05, 3.63) is 53.1 Å². The van der Waals surface area contributed by atoms with Gasteiger partial charge in [-0.3, -0.25) is 4.79 Å². The molecule has 1 heterocycles. The summed E-state index contributed by atoms with van der Waals surface area (Å²) in [4.78, 5) is 12.8. The minimum Gasteiger partial charge on any atom is -0.497 e. The van der Waals surface area contributed by atoms with E-state index in [9.17, 15) is 13.2 Å². The number of nitrogens with zero attached hydrogens (tertiary/aromatic N) is 1. The molecule has 1 aliphatic heterocycles. The fourth-order valence-electron chi connectivity index (χ4n) is 3.49. The predicted molar refractivity (Wildman–Crippen MR) is 109 cm³/mol. The zero-order chi connectivity index (χ0) is 20.3. The van der Waals surface area contributed by atoms with Crippen molar-refractivity contribution >= 4 is 21.6 Å². The molecule has 0 radical (unpaired) electrons. The second-order valence-corrected chi connectivity index (χ2v) is 9.06. The molecule has 3 rings (SSSR count). The van der Waals surface area contributed by atoms with Crippen LogP contribution in [-0.2, 0) is 10.0 Å². The highest BCUT2D eigenvalue weighted by molar-refractivity contribution is 7.89. The summed E-state index contributed by atoms with van der Waals surface area (Å²) in [6.07, 6.45) is 2.71. The average molecular weight is 403 g/mol. The highest BCUT2D eigenvalue weighted by Gasteiger charge is 2.29. The van der Waals surface area contributed by atoms with Gasteiger partial charge in [0, 0.05) is 24.7 Å². The van der Waals surface area contributed by atoms with Crippen molar-refractivity contribution in [1.82, 2.24) is 4.31 Å². The van der Waals surface area contributed by atoms with Gasteiger partial charge < -0.3 is 10.1 Å². The molecule has 0 spiro atoms. The number of hydrogen-bond acceptors (Lipinski definition) is 4. The maximum Gasteiger partial charge on any atom is 0.255 e. The molecule has 1 amide bonds. The highest BCUT2D eigenvalue weighted by atomic mass is 32.2. The lowest BCUT2D eigenvalue weighted by atomic mass is 10.1. The summed E-state index contributed by atoms with van der Waals surface area (Å²) in [5, 5.41) is 2.78. The number of nitrogens with one attached hydrogen (secondary N) is 1. The van der Waals surface area contributed by atoms with Crippen LogP contribution in [0.1, 0.15) is 40.7 Å². The number of methoxy groups -OCH3 is 1. The Balaban J connectivity index is 1.98. The van der Waals surface area contributed by atoms with Gasteiger partial charge in [0.15, 0.2) is 0 Å². The standard InChI is InChI=1S/C21H26N2O4S/c1-15-11-16(2)13-17(12-15)21(24)22-19-8-7-18(27-3)14-20(19)28(25,26)23-9-5-4-6-10-23/h7-8,11-14H,4-6,9-10H2,1-3H3,(H,22,24). The van der Waals surface area contributed by atoms with Gasteiger partial charge in [0.25, 0.3) is 5.91 Å². The number of amides is 1. The van der Waals surface area contributed by atoms with Crippen LogP contribution >= 0.6 is 0 Å². The van der Waals surface area contributed by atoms with E-state index >= 15 is 0 Å². The SMILES string of the molecule is COc1ccc(NC(=O)c2cc(C)cc(C)c2)c(S(=O)(=O)N2CCCCC2)c1. The van der Waals surface area contributed by atoms with E-state index in [4.69, 9.17) is 4.74 Å². The second-order valence-electron chi connectivity index (χ2n) is 7.16. The molecule has 2 aromatic carbocycles. The molecule has 0 unspecified atom stereocenters. The molecule has 0 aromatic heterocycles. The molecule has 1 N–H and O–H groups in total. The average Bonchev–Trinajstić information content (AvgIpc) is 2.68. The molecule has 0 bridgehead atoms. The maximum atomic E-state index is 13.2. The number of anilines is 1. The van der Waals surface area contributed by atoms with E-state index in [1.165, 1.54) is 17.5 Å². The summed E-state index contributed by atoms with van der Waals surface area (Å²) < 4.78 is 33.1. The Morgan fingerprint density at radius 3 is 2.25 bits per heavy atom. The van der Waals surface area contributed by atoms with Crippen LogP contribution in [0.3, 0.4) is 0 Å². The van der Waals surface area contributed by atoms with Gasteiger partial charge in [-0.25, -0.2) is 8.42 Å². The number of ether oxygens (including phenoxy) is 1. The first-order chi connectivity index (χ1) is 13.3. The van der Waals surface area contributed by atoms with Crippen LogP contribution in [0, 0.1) is 13.8 Å². The van der Waals surface area contributed by atoms with Crippen molar-refractivity contribution in [2.24, 2.45) is 0 Å². The van der Waals surface area contributed by atoms with Gasteiger partial charge in [-0.2, -0.15) is 4.31 Å². The van der Waals surface area contributed by atoms with E-state index < -0.39 is 10.0 Å². The van der Waals surface area contributed by atoms with Crippen molar-refractivity contribution in [3.63, 3.8) is 0 Å². The number of carbonyl (C=O) groups is 1. The molecule has 150 valence electrons. The van der Waals surface area contributed by atoms with Crippen molar-refractivity contribution in [3.8, 4) is 5.75 Å². The van der Waals surface area contributed by atoms with Crippen LogP contribution in [-0.4, -0.2) is 38.8 Å². The van der Waals surface area contributed by atoms with Gasteiger partial charge in [-0.1, -0.05) is 23.6 Å². The molecule has 6 nitrogen and oxygen atoms in total. The largest absolute Gasteiger partial charge is 0.497 e. The smallest absolute Gasteiger partial charge is 0.255 e. The third-order valence-corrected chi connectivity index (χ3v) is 6.79. The molecule has 1 fully saturated rings. The number of piperidine rings is 1. The number of carbonyl (C=O) groups excluding carboxylic acids is 1. The molecule has 28 heavy (non-hydrogen) atoms. The monoisotopic (exact) mass is 402 g/mol. The first kappa shape index (κ1) is 20.4. The number of benzene rings is 2. The first-order valence-corrected chi connectivity index (χ1v) is 10.8. The Morgan fingerprint density at radius 2 is 1.64 bits per heavy atom. The minimum atomic E-state index is -3.73. The van der Waals surface area contributed by atoms with Crippen LogP contribution in [0.5, 0.6) is 5.75 Å². The van der Waals surface area contributed by atoms with Gasteiger partial charge >= 0.3 is 0 Å². The molecule has 0 aliphatic carbocycles. The fourth-order valence-corrected chi connectivity index (χ4v) is 5.17. The van der Waals surface area contributed by atoms with Gasteiger partial charge in [-0.05, 0) is 51.0 Å².